The molecule has 1 aromatic carbocycles. The van der Waals surface area contributed by atoms with Crippen molar-refractivity contribution >= 4 is 17.7 Å². The average molecular weight is 218 g/mol. The van der Waals surface area contributed by atoms with Gasteiger partial charge in [0.15, 0.2) is 0 Å². The smallest absolute Gasteiger partial charge is 0.335 e. The van der Waals surface area contributed by atoms with Gasteiger partial charge in [-0.3, -0.25) is 0 Å². The Morgan fingerprint density at radius 3 is 2.44 bits per heavy atom. The Bertz CT molecular complexity index is 432. The zero-order valence-corrected chi connectivity index (χ0v) is 8.36. The maximum absolute atomic E-state index is 11.2. The third-order valence-corrected chi connectivity index (χ3v) is 1.74. The predicted octanol–water partition coefficient (Wildman–Crippen LogP) is 1.14. The summed E-state index contributed by atoms with van der Waals surface area (Å²) in [6.45, 7) is 0.138. The van der Waals surface area contributed by atoms with Gasteiger partial charge in [0, 0.05) is 5.69 Å². The molecule has 0 fully saturated rings. The molecular weight excluding hydrogens is 208 g/mol. The van der Waals surface area contributed by atoms with E-state index >= 15 is 0 Å². The van der Waals surface area contributed by atoms with Crippen molar-refractivity contribution in [2.45, 2.75) is 0 Å². The van der Waals surface area contributed by atoms with Crippen LogP contribution >= 0.6 is 0 Å². The molecule has 1 rings (SSSR count). The quantitative estimate of drug-likeness (QED) is 0.665. The summed E-state index contributed by atoms with van der Waals surface area (Å²) >= 11 is 0. The fourth-order valence-corrected chi connectivity index (χ4v) is 1.00. The van der Waals surface area contributed by atoms with Gasteiger partial charge in [-0.15, -0.1) is 6.42 Å². The SMILES string of the molecule is C#CCNC(=O)Nc1ccc(C(=O)O)cc1. The van der Waals surface area contributed by atoms with E-state index in [1.807, 2.05) is 0 Å². The number of carbonyl (C=O) groups excluding carboxylic acids is 1. The highest BCUT2D eigenvalue weighted by molar-refractivity contribution is 5.91. The normalized spacial score (nSPS) is 8.94. The van der Waals surface area contributed by atoms with E-state index in [0.717, 1.165) is 0 Å². The predicted molar refractivity (Wildman–Crippen MR) is 59.3 cm³/mol. The molecule has 0 spiro atoms. The van der Waals surface area contributed by atoms with Crippen molar-refractivity contribution in [1.29, 1.82) is 0 Å². The molecular formula is C11H10N2O3. The second-order valence-corrected chi connectivity index (χ2v) is 2.89. The summed E-state index contributed by atoms with van der Waals surface area (Å²) in [4.78, 5) is 21.7. The van der Waals surface area contributed by atoms with Crippen LogP contribution in [-0.2, 0) is 0 Å². The molecule has 82 valence electrons. The van der Waals surface area contributed by atoms with Crippen molar-refractivity contribution in [2.75, 3.05) is 11.9 Å². The monoisotopic (exact) mass is 218 g/mol. The van der Waals surface area contributed by atoms with E-state index in [2.05, 4.69) is 16.6 Å². The van der Waals surface area contributed by atoms with Crippen LogP contribution < -0.4 is 10.6 Å². The first-order valence-corrected chi connectivity index (χ1v) is 4.45. The summed E-state index contributed by atoms with van der Waals surface area (Å²) in [5.41, 5.74) is 0.661. The van der Waals surface area contributed by atoms with E-state index < -0.39 is 12.0 Å². The van der Waals surface area contributed by atoms with Crippen LogP contribution in [0.2, 0.25) is 0 Å². The number of carboxylic acid groups (broad SMARTS) is 1. The highest BCUT2D eigenvalue weighted by Crippen LogP contribution is 2.09. The van der Waals surface area contributed by atoms with Crippen LogP contribution in [0.3, 0.4) is 0 Å². The molecule has 2 amide bonds. The molecule has 5 nitrogen and oxygen atoms in total. The van der Waals surface area contributed by atoms with Crippen molar-refractivity contribution in [3.05, 3.63) is 29.8 Å². The lowest BCUT2D eigenvalue weighted by Gasteiger charge is -2.05. The number of carboxylic acids is 1. The highest BCUT2D eigenvalue weighted by atomic mass is 16.4. The molecule has 0 unspecified atom stereocenters. The number of rotatable bonds is 3. The molecule has 0 aliphatic rings. The molecule has 5 heteroatoms. The van der Waals surface area contributed by atoms with Gasteiger partial charge in [0.2, 0.25) is 0 Å². The standard InChI is InChI=1S/C11H10N2O3/c1-2-7-12-11(16)13-9-5-3-8(4-6-9)10(14)15/h1,3-6H,7H2,(H,14,15)(H2,12,13,16). The van der Waals surface area contributed by atoms with E-state index in [4.69, 9.17) is 11.5 Å². The Balaban J connectivity index is 2.59. The fourth-order valence-electron chi connectivity index (χ4n) is 1.00. The first-order chi connectivity index (χ1) is 7.63. The minimum Gasteiger partial charge on any atom is -0.478 e. The van der Waals surface area contributed by atoms with Crippen molar-refractivity contribution in [3.8, 4) is 12.3 Å². The van der Waals surface area contributed by atoms with Crippen molar-refractivity contribution in [2.24, 2.45) is 0 Å². The van der Waals surface area contributed by atoms with Gasteiger partial charge in [0.25, 0.3) is 0 Å². The van der Waals surface area contributed by atoms with Crippen LogP contribution in [0.5, 0.6) is 0 Å². The third-order valence-electron chi connectivity index (χ3n) is 1.74. The Kier molecular flexibility index (Phi) is 3.92. The van der Waals surface area contributed by atoms with Gasteiger partial charge < -0.3 is 15.7 Å². The molecule has 0 aliphatic carbocycles. The maximum atomic E-state index is 11.2. The van der Waals surface area contributed by atoms with Crippen LogP contribution in [0.4, 0.5) is 10.5 Å². The summed E-state index contributed by atoms with van der Waals surface area (Å²) in [6.07, 6.45) is 4.97. The zero-order chi connectivity index (χ0) is 12.0. The van der Waals surface area contributed by atoms with Gasteiger partial charge in [-0.1, -0.05) is 5.92 Å². The number of aromatic carboxylic acids is 1. The topological polar surface area (TPSA) is 78.4 Å². The minimum absolute atomic E-state index is 0.138. The van der Waals surface area contributed by atoms with Gasteiger partial charge >= 0.3 is 12.0 Å². The maximum Gasteiger partial charge on any atom is 0.335 e. The Labute approximate surface area is 92.5 Å². The number of hydrogen-bond donors (Lipinski definition) is 3. The number of terminal acetylenes is 1. The largest absolute Gasteiger partial charge is 0.478 e. The first-order valence-electron chi connectivity index (χ1n) is 4.45. The number of nitrogens with one attached hydrogen (secondary N) is 2. The van der Waals surface area contributed by atoms with Gasteiger partial charge in [-0.25, -0.2) is 9.59 Å². The Morgan fingerprint density at radius 1 is 1.31 bits per heavy atom. The summed E-state index contributed by atoms with van der Waals surface area (Å²) in [7, 11) is 0. The first kappa shape index (κ1) is 11.6. The summed E-state index contributed by atoms with van der Waals surface area (Å²) in [6, 6.07) is 5.37. The van der Waals surface area contributed by atoms with E-state index in [-0.39, 0.29) is 12.1 Å². The number of carbonyl (C=O) groups is 2. The molecule has 0 aromatic heterocycles. The van der Waals surface area contributed by atoms with Gasteiger partial charge in [-0.05, 0) is 24.3 Å². The van der Waals surface area contributed by atoms with Crippen molar-refractivity contribution < 1.29 is 14.7 Å². The number of amides is 2. The number of benzene rings is 1. The molecule has 0 saturated heterocycles. The van der Waals surface area contributed by atoms with E-state index in [1.54, 1.807) is 0 Å². The molecule has 0 aliphatic heterocycles. The molecule has 16 heavy (non-hydrogen) atoms. The van der Waals surface area contributed by atoms with Crippen molar-refractivity contribution in [1.82, 2.24) is 5.32 Å². The molecule has 0 bridgehead atoms. The number of urea groups is 1. The Morgan fingerprint density at radius 2 is 1.94 bits per heavy atom. The van der Waals surface area contributed by atoms with Crippen molar-refractivity contribution in [3.63, 3.8) is 0 Å². The van der Waals surface area contributed by atoms with Gasteiger partial charge in [0.05, 0.1) is 12.1 Å². The van der Waals surface area contributed by atoms with Crippen LogP contribution in [0.1, 0.15) is 10.4 Å². The summed E-state index contributed by atoms with van der Waals surface area (Å²) in [5, 5.41) is 13.6. The van der Waals surface area contributed by atoms with Crippen LogP contribution in [-0.4, -0.2) is 23.7 Å². The van der Waals surface area contributed by atoms with E-state index in [0.29, 0.717) is 5.69 Å². The second-order valence-electron chi connectivity index (χ2n) is 2.89. The van der Waals surface area contributed by atoms with Gasteiger partial charge in [-0.2, -0.15) is 0 Å². The molecule has 0 atom stereocenters. The molecule has 0 heterocycles. The second kappa shape index (κ2) is 5.41. The molecule has 0 saturated carbocycles. The lowest BCUT2D eigenvalue weighted by molar-refractivity contribution is 0.0697. The third kappa shape index (κ3) is 3.35. The lowest BCUT2D eigenvalue weighted by Crippen LogP contribution is -2.28. The fraction of sp³-hybridized carbons (Fsp3) is 0.0909. The summed E-state index contributed by atoms with van der Waals surface area (Å²) < 4.78 is 0. The van der Waals surface area contributed by atoms with Crippen LogP contribution in [0, 0.1) is 12.3 Å². The van der Waals surface area contributed by atoms with Crippen LogP contribution in [0.25, 0.3) is 0 Å². The average Bonchev–Trinajstić information content (AvgIpc) is 2.27. The molecule has 3 N–H and O–H groups in total. The number of hydrogen-bond acceptors (Lipinski definition) is 2. The summed E-state index contributed by atoms with van der Waals surface area (Å²) in [5.74, 6) is 1.25. The Hall–Kier alpha value is -2.48. The lowest BCUT2D eigenvalue weighted by atomic mass is 10.2. The minimum atomic E-state index is -1.01. The zero-order valence-electron chi connectivity index (χ0n) is 8.36. The number of anilines is 1. The van der Waals surface area contributed by atoms with E-state index in [1.165, 1.54) is 24.3 Å². The van der Waals surface area contributed by atoms with Crippen LogP contribution in [0.15, 0.2) is 24.3 Å². The molecule has 1 aromatic rings. The highest BCUT2D eigenvalue weighted by Gasteiger charge is 2.03. The van der Waals surface area contributed by atoms with E-state index in [9.17, 15) is 9.59 Å². The van der Waals surface area contributed by atoms with Gasteiger partial charge in [0.1, 0.15) is 0 Å². The molecule has 0 radical (unpaired) electrons.